The Morgan fingerprint density at radius 3 is 2.45 bits per heavy atom. The van der Waals surface area contributed by atoms with Crippen LogP contribution in [0.5, 0.6) is 0 Å². The van der Waals surface area contributed by atoms with Crippen molar-refractivity contribution >= 4 is 17.7 Å². The normalized spacial score (nSPS) is 23.3. The third-order valence-electron chi connectivity index (χ3n) is 4.28. The van der Waals surface area contributed by atoms with Gasteiger partial charge in [-0.2, -0.15) is 0 Å². The van der Waals surface area contributed by atoms with Gasteiger partial charge in [0.1, 0.15) is 0 Å². The minimum absolute atomic E-state index is 0.0252. The highest BCUT2D eigenvalue weighted by atomic mass is 16.2. The number of hydrogen-bond acceptors (Lipinski definition) is 3. The Kier molecular flexibility index (Phi) is 7.35. The Hall–Kier alpha value is -1.59. The Labute approximate surface area is 133 Å². The van der Waals surface area contributed by atoms with Gasteiger partial charge in [0.05, 0.1) is 0 Å². The molecule has 0 aromatic rings. The summed E-state index contributed by atoms with van der Waals surface area (Å²) in [6.45, 7) is 7.25. The predicted octanol–water partition coefficient (Wildman–Crippen LogP) is 1.01. The Morgan fingerprint density at radius 2 is 1.91 bits per heavy atom. The van der Waals surface area contributed by atoms with Crippen LogP contribution in [-0.4, -0.2) is 60.2 Å². The SMILES string of the molecule is CCN(CC)C(=O)C1CCCC(NC(C)=O)CN(C)C(=O)C1. The van der Waals surface area contributed by atoms with E-state index in [4.69, 9.17) is 0 Å². The zero-order valence-electron chi connectivity index (χ0n) is 14.2. The van der Waals surface area contributed by atoms with Crippen LogP contribution < -0.4 is 5.32 Å². The molecule has 0 saturated carbocycles. The van der Waals surface area contributed by atoms with Gasteiger partial charge in [0.15, 0.2) is 0 Å². The summed E-state index contributed by atoms with van der Waals surface area (Å²) in [4.78, 5) is 39.5. The van der Waals surface area contributed by atoms with Crippen LogP contribution in [0, 0.1) is 5.92 Å². The third-order valence-corrected chi connectivity index (χ3v) is 4.28. The summed E-state index contributed by atoms with van der Waals surface area (Å²) in [7, 11) is 1.74. The van der Waals surface area contributed by atoms with E-state index in [-0.39, 0.29) is 36.1 Å². The monoisotopic (exact) mass is 311 g/mol. The van der Waals surface area contributed by atoms with E-state index >= 15 is 0 Å². The lowest BCUT2D eigenvalue weighted by molar-refractivity contribution is -0.140. The van der Waals surface area contributed by atoms with Gasteiger partial charge in [-0.25, -0.2) is 0 Å². The Balaban J connectivity index is 2.79. The van der Waals surface area contributed by atoms with Crippen molar-refractivity contribution < 1.29 is 14.4 Å². The first-order valence-corrected chi connectivity index (χ1v) is 8.18. The van der Waals surface area contributed by atoms with Crippen molar-refractivity contribution in [2.45, 2.75) is 52.5 Å². The first-order chi connectivity index (χ1) is 10.4. The van der Waals surface area contributed by atoms with Gasteiger partial charge in [-0.15, -0.1) is 0 Å². The van der Waals surface area contributed by atoms with Crippen molar-refractivity contribution in [1.29, 1.82) is 0 Å². The molecule has 0 spiro atoms. The zero-order chi connectivity index (χ0) is 16.7. The summed E-state index contributed by atoms with van der Waals surface area (Å²) < 4.78 is 0. The van der Waals surface area contributed by atoms with E-state index in [1.54, 1.807) is 16.8 Å². The highest BCUT2D eigenvalue weighted by Crippen LogP contribution is 2.20. The molecule has 1 N–H and O–H groups in total. The van der Waals surface area contributed by atoms with Gasteiger partial charge in [0.25, 0.3) is 0 Å². The smallest absolute Gasteiger partial charge is 0.226 e. The summed E-state index contributed by atoms with van der Waals surface area (Å²) in [5.74, 6) is -0.278. The van der Waals surface area contributed by atoms with Crippen molar-refractivity contribution in [3.63, 3.8) is 0 Å². The number of nitrogens with one attached hydrogen (secondary N) is 1. The van der Waals surface area contributed by atoms with Crippen molar-refractivity contribution in [2.24, 2.45) is 5.92 Å². The Bertz CT molecular complexity index is 407. The molecule has 0 aliphatic carbocycles. The lowest BCUT2D eigenvalue weighted by atomic mass is 9.95. The summed E-state index contributed by atoms with van der Waals surface area (Å²) in [6, 6.07) is -0.0336. The maximum Gasteiger partial charge on any atom is 0.226 e. The summed E-state index contributed by atoms with van der Waals surface area (Å²) in [5.41, 5.74) is 0. The molecule has 1 saturated heterocycles. The third kappa shape index (κ3) is 5.31. The largest absolute Gasteiger partial charge is 0.352 e. The van der Waals surface area contributed by atoms with Gasteiger partial charge in [0.2, 0.25) is 17.7 Å². The molecule has 1 rings (SSSR count). The molecule has 126 valence electrons. The molecule has 6 nitrogen and oxygen atoms in total. The average Bonchev–Trinajstić information content (AvgIpc) is 2.51. The van der Waals surface area contributed by atoms with E-state index in [0.717, 1.165) is 12.8 Å². The second kappa shape index (κ2) is 8.76. The molecule has 0 aromatic carbocycles. The van der Waals surface area contributed by atoms with Crippen molar-refractivity contribution in [3.05, 3.63) is 0 Å². The molecular formula is C16H29N3O3. The standard InChI is InChI=1S/C16H29N3O3/c1-5-19(6-2)16(22)13-8-7-9-14(17-12(3)20)11-18(4)15(21)10-13/h13-14H,5-11H2,1-4H3,(H,17,20). The van der Waals surface area contributed by atoms with Crippen LogP contribution >= 0.6 is 0 Å². The van der Waals surface area contributed by atoms with E-state index in [0.29, 0.717) is 26.1 Å². The maximum atomic E-state index is 12.5. The number of amides is 3. The lowest BCUT2D eigenvalue weighted by Crippen LogP contribution is -2.43. The predicted molar refractivity (Wildman–Crippen MR) is 85.1 cm³/mol. The van der Waals surface area contributed by atoms with Crippen LogP contribution in [-0.2, 0) is 14.4 Å². The van der Waals surface area contributed by atoms with Crippen LogP contribution in [0.1, 0.15) is 46.5 Å². The van der Waals surface area contributed by atoms with Gasteiger partial charge in [0, 0.05) is 52.0 Å². The molecule has 1 heterocycles. The van der Waals surface area contributed by atoms with Gasteiger partial charge in [-0.1, -0.05) is 6.42 Å². The molecule has 1 fully saturated rings. The molecule has 0 bridgehead atoms. The lowest BCUT2D eigenvalue weighted by Gasteiger charge is -2.26. The zero-order valence-corrected chi connectivity index (χ0v) is 14.2. The minimum atomic E-state index is -0.245. The second-order valence-electron chi connectivity index (χ2n) is 6.01. The van der Waals surface area contributed by atoms with Crippen LogP contribution in [0.2, 0.25) is 0 Å². The molecule has 2 unspecified atom stereocenters. The topological polar surface area (TPSA) is 69.7 Å². The van der Waals surface area contributed by atoms with Crippen LogP contribution in [0.15, 0.2) is 0 Å². The number of carbonyl (C=O) groups excluding carboxylic acids is 3. The van der Waals surface area contributed by atoms with Crippen molar-refractivity contribution in [3.8, 4) is 0 Å². The molecule has 1 aliphatic rings. The minimum Gasteiger partial charge on any atom is -0.352 e. The quantitative estimate of drug-likeness (QED) is 0.842. The van der Waals surface area contributed by atoms with Crippen LogP contribution in [0.3, 0.4) is 0 Å². The number of carbonyl (C=O) groups is 3. The van der Waals surface area contributed by atoms with Gasteiger partial charge in [-0.05, 0) is 26.7 Å². The first kappa shape index (κ1) is 18.5. The van der Waals surface area contributed by atoms with Crippen LogP contribution in [0.25, 0.3) is 0 Å². The van der Waals surface area contributed by atoms with Crippen molar-refractivity contribution in [1.82, 2.24) is 15.1 Å². The highest BCUT2D eigenvalue weighted by molar-refractivity contribution is 5.86. The first-order valence-electron chi connectivity index (χ1n) is 8.18. The van der Waals surface area contributed by atoms with E-state index in [2.05, 4.69) is 5.32 Å². The molecule has 2 atom stereocenters. The van der Waals surface area contributed by atoms with Crippen LogP contribution in [0.4, 0.5) is 0 Å². The summed E-state index contributed by atoms with van der Waals surface area (Å²) in [6.07, 6.45) is 2.59. The average molecular weight is 311 g/mol. The summed E-state index contributed by atoms with van der Waals surface area (Å²) in [5, 5.41) is 2.89. The fourth-order valence-electron chi connectivity index (χ4n) is 3.01. The summed E-state index contributed by atoms with van der Waals surface area (Å²) >= 11 is 0. The fraction of sp³-hybridized carbons (Fsp3) is 0.812. The van der Waals surface area contributed by atoms with Gasteiger partial charge < -0.3 is 15.1 Å². The number of rotatable bonds is 4. The highest BCUT2D eigenvalue weighted by Gasteiger charge is 2.29. The van der Waals surface area contributed by atoms with E-state index < -0.39 is 0 Å². The van der Waals surface area contributed by atoms with E-state index in [1.165, 1.54) is 6.92 Å². The molecule has 22 heavy (non-hydrogen) atoms. The van der Waals surface area contributed by atoms with Gasteiger partial charge >= 0.3 is 0 Å². The molecule has 0 radical (unpaired) electrons. The number of nitrogens with zero attached hydrogens (tertiary/aromatic N) is 2. The van der Waals surface area contributed by atoms with E-state index in [1.807, 2.05) is 13.8 Å². The molecule has 3 amide bonds. The van der Waals surface area contributed by atoms with Crippen molar-refractivity contribution in [2.75, 3.05) is 26.7 Å². The molecular weight excluding hydrogens is 282 g/mol. The number of likely N-dealkylation sites (N-methyl/N-ethyl adjacent to an activating group) is 1. The maximum absolute atomic E-state index is 12.5. The number of hydrogen-bond donors (Lipinski definition) is 1. The molecule has 0 aromatic heterocycles. The van der Waals surface area contributed by atoms with E-state index in [9.17, 15) is 14.4 Å². The second-order valence-corrected chi connectivity index (χ2v) is 6.01. The Morgan fingerprint density at radius 1 is 1.27 bits per heavy atom. The van der Waals surface area contributed by atoms with Gasteiger partial charge in [-0.3, -0.25) is 14.4 Å². The molecule has 1 aliphatic heterocycles. The fourth-order valence-corrected chi connectivity index (χ4v) is 3.01. The molecule has 6 heteroatoms.